The third-order valence-corrected chi connectivity index (χ3v) is 4.41. The van der Waals surface area contributed by atoms with Crippen LogP contribution in [-0.2, 0) is 0 Å². The number of benzene rings is 2. The number of rotatable bonds is 3. The van der Waals surface area contributed by atoms with E-state index in [1.165, 1.54) is 0 Å². The van der Waals surface area contributed by atoms with Crippen molar-refractivity contribution in [3.8, 4) is 34.1 Å². The molecule has 1 amide bonds. The van der Waals surface area contributed by atoms with Crippen molar-refractivity contribution in [3.05, 3.63) is 77.1 Å². The average Bonchev–Trinajstić information content (AvgIpc) is 2.66. The SMILES string of the molecule is CC(C)(C)C#Cc1ccc(-c2ccccc2)c(-c2ccnc(Cl)c2C(N)=O)c1. The van der Waals surface area contributed by atoms with E-state index in [1.807, 2.05) is 48.5 Å². The molecule has 0 saturated carbocycles. The fourth-order valence-electron chi connectivity index (χ4n) is 2.87. The highest BCUT2D eigenvalue weighted by Crippen LogP contribution is 2.36. The quantitative estimate of drug-likeness (QED) is 0.471. The van der Waals surface area contributed by atoms with Crippen molar-refractivity contribution in [2.75, 3.05) is 0 Å². The Morgan fingerprint density at radius 3 is 2.36 bits per heavy atom. The van der Waals surface area contributed by atoms with Gasteiger partial charge in [0.25, 0.3) is 5.91 Å². The Balaban J connectivity index is 2.29. The molecule has 4 heteroatoms. The van der Waals surface area contributed by atoms with Crippen molar-refractivity contribution < 1.29 is 4.79 Å². The second-order valence-corrected chi connectivity index (χ2v) is 7.87. The van der Waals surface area contributed by atoms with Crippen LogP contribution in [0, 0.1) is 17.3 Å². The number of carbonyl (C=O) groups is 1. The molecule has 140 valence electrons. The minimum atomic E-state index is -0.613. The number of halogens is 1. The van der Waals surface area contributed by atoms with Gasteiger partial charge in [0.1, 0.15) is 5.15 Å². The first-order valence-electron chi connectivity index (χ1n) is 8.93. The summed E-state index contributed by atoms with van der Waals surface area (Å²) < 4.78 is 0. The number of hydrogen-bond donors (Lipinski definition) is 1. The van der Waals surface area contributed by atoms with Gasteiger partial charge in [-0.05, 0) is 61.2 Å². The molecule has 1 heterocycles. The van der Waals surface area contributed by atoms with E-state index in [-0.39, 0.29) is 16.1 Å². The topological polar surface area (TPSA) is 56.0 Å². The van der Waals surface area contributed by atoms with Gasteiger partial charge in [0, 0.05) is 17.2 Å². The molecule has 3 nitrogen and oxygen atoms in total. The lowest BCUT2D eigenvalue weighted by atomic mass is 9.90. The normalized spacial score (nSPS) is 10.9. The second kappa shape index (κ2) is 7.88. The van der Waals surface area contributed by atoms with Gasteiger partial charge >= 0.3 is 0 Å². The zero-order valence-corrected chi connectivity index (χ0v) is 16.8. The first kappa shape index (κ1) is 19.7. The van der Waals surface area contributed by atoms with Crippen molar-refractivity contribution in [2.24, 2.45) is 11.1 Å². The molecule has 2 aromatic carbocycles. The van der Waals surface area contributed by atoms with Crippen LogP contribution in [0.4, 0.5) is 0 Å². The monoisotopic (exact) mass is 388 g/mol. The molecular formula is C24H21ClN2O. The molecule has 0 unspecified atom stereocenters. The Kier molecular flexibility index (Phi) is 5.53. The molecule has 0 bridgehead atoms. The molecule has 3 aromatic rings. The Morgan fingerprint density at radius 1 is 1.00 bits per heavy atom. The molecule has 3 rings (SSSR count). The predicted octanol–water partition coefficient (Wildman–Crippen LogP) is 5.57. The zero-order chi connectivity index (χ0) is 20.3. The maximum atomic E-state index is 12.1. The van der Waals surface area contributed by atoms with E-state index in [4.69, 9.17) is 17.3 Å². The number of carbonyl (C=O) groups excluding carboxylic acids is 1. The Bertz CT molecular complexity index is 1090. The number of amides is 1. The summed E-state index contributed by atoms with van der Waals surface area (Å²) in [7, 11) is 0. The van der Waals surface area contributed by atoms with Crippen LogP contribution in [0.15, 0.2) is 60.8 Å². The Labute approximate surface area is 170 Å². The van der Waals surface area contributed by atoms with E-state index < -0.39 is 5.91 Å². The van der Waals surface area contributed by atoms with Crippen LogP contribution >= 0.6 is 11.6 Å². The van der Waals surface area contributed by atoms with E-state index in [1.54, 1.807) is 12.3 Å². The van der Waals surface area contributed by atoms with Crippen LogP contribution in [0.2, 0.25) is 5.15 Å². The molecule has 0 atom stereocenters. The predicted molar refractivity (Wildman–Crippen MR) is 115 cm³/mol. The maximum absolute atomic E-state index is 12.1. The Morgan fingerprint density at radius 2 is 1.71 bits per heavy atom. The van der Waals surface area contributed by atoms with Crippen LogP contribution < -0.4 is 5.73 Å². The molecule has 0 saturated heterocycles. The largest absolute Gasteiger partial charge is 0.365 e. The fourth-order valence-corrected chi connectivity index (χ4v) is 3.12. The highest BCUT2D eigenvalue weighted by Gasteiger charge is 2.18. The number of nitrogens with zero attached hydrogens (tertiary/aromatic N) is 1. The van der Waals surface area contributed by atoms with Crippen LogP contribution in [0.5, 0.6) is 0 Å². The van der Waals surface area contributed by atoms with Crippen molar-refractivity contribution in [3.63, 3.8) is 0 Å². The summed E-state index contributed by atoms with van der Waals surface area (Å²) in [5, 5.41) is 0.0928. The summed E-state index contributed by atoms with van der Waals surface area (Å²) in [4.78, 5) is 16.1. The van der Waals surface area contributed by atoms with E-state index in [0.29, 0.717) is 5.56 Å². The number of hydrogen-bond acceptors (Lipinski definition) is 2. The number of primary amides is 1. The molecule has 0 aliphatic rings. The average molecular weight is 389 g/mol. The lowest BCUT2D eigenvalue weighted by Crippen LogP contribution is -2.14. The third-order valence-electron chi connectivity index (χ3n) is 4.13. The standard InChI is InChI=1S/C24H21ClN2O/c1-24(2,3)13-11-16-9-10-18(17-7-5-4-6-8-17)20(15-16)19-12-14-27-22(25)21(19)23(26)28/h4-10,12,14-15H,1-3H3,(H2,26,28). The van der Waals surface area contributed by atoms with E-state index in [9.17, 15) is 4.79 Å². The molecule has 2 N–H and O–H groups in total. The highest BCUT2D eigenvalue weighted by atomic mass is 35.5. The minimum absolute atomic E-state index is 0.0928. The van der Waals surface area contributed by atoms with E-state index in [0.717, 1.165) is 22.3 Å². The van der Waals surface area contributed by atoms with Crippen LogP contribution in [0.3, 0.4) is 0 Å². The smallest absolute Gasteiger partial charge is 0.252 e. The summed E-state index contributed by atoms with van der Waals surface area (Å²) in [5.41, 5.74) is 10.0. The van der Waals surface area contributed by atoms with Gasteiger partial charge in [-0.1, -0.05) is 59.8 Å². The van der Waals surface area contributed by atoms with Gasteiger partial charge in [0.15, 0.2) is 0 Å². The fraction of sp³-hybridized carbons (Fsp3) is 0.167. The first-order valence-corrected chi connectivity index (χ1v) is 9.31. The van der Waals surface area contributed by atoms with Crippen LogP contribution in [-0.4, -0.2) is 10.9 Å². The lowest BCUT2D eigenvalue weighted by molar-refractivity contribution is 0.100. The van der Waals surface area contributed by atoms with E-state index in [2.05, 4.69) is 37.6 Å². The van der Waals surface area contributed by atoms with Gasteiger partial charge < -0.3 is 5.73 Å². The van der Waals surface area contributed by atoms with Gasteiger partial charge in [-0.15, -0.1) is 0 Å². The molecule has 0 aliphatic heterocycles. The number of pyridine rings is 1. The molecule has 0 spiro atoms. The van der Waals surface area contributed by atoms with Crippen molar-refractivity contribution in [1.29, 1.82) is 0 Å². The van der Waals surface area contributed by atoms with Gasteiger partial charge in [-0.25, -0.2) is 4.98 Å². The van der Waals surface area contributed by atoms with Gasteiger partial charge in [-0.3, -0.25) is 4.79 Å². The van der Waals surface area contributed by atoms with Crippen molar-refractivity contribution in [2.45, 2.75) is 20.8 Å². The highest BCUT2D eigenvalue weighted by molar-refractivity contribution is 6.33. The number of nitrogens with two attached hydrogens (primary N) is 1. The number of aromatic nitrogens is 1. The second-order valence-electron chi connectivity index (χ2n) is 7.51. The lowest BCUT2D eigenvalue weighted by Gasteiger charge is -2.14. The maximum Gasteiger partial charge on any atom is 0.252 e. The molecule has 0 radical (unpaired) electrons. The summed E-state index contributed by atoms with van der Waals surface area (Å²) in [6.45, 7) is 6.19. The summed E-state index contributed by atoms with van der Waals surface area (Å²) in [6.07, 6.45) is 1.58. The Hall–Kier alpha value is -3.09. The summed E-state index contributed by atoms with van der Waals surface area (Å²) in [5.74, 6) is 5.85. The van der Waals surface area contributed by atoms with Crippen LogP contribution in [0.1, 0.15) is 36.7 Å². The molecular weight excluding hydrogens is 368 g/mol. The van der Waals surface area contributed by atoms with E-state index >= 15 is 0 Å². The molecule has 0 aliphatic carbocycles. The van der Waals surface area contributed by atoms with Gasteiger partial charge in [0.2, 0.25) is 0 Å². The minimum Gasteiger partial charge on any atom is -0.365 e. The van der Waals surface area contributed by atoms with Crippen molar-refractivity contribution >= 4 is 17.5 Å². The van der Waals surface area contributed by atoms with Gasteiger partial charge in [0.05, 0.1) is 5.56 Å². The van der Waals surface area contributed by atoms with Crippen LogP contribution in [0.25, 0.3) is 22.3 Å². The molecule has 28 heavy (non-hydrogen) atoms. The first-order chi connectivity index (χ1) is 13.3. The molecule has 0 fully saturated rings. The van der Waals surface area contributed by atoms with Gasteiger partial charge in [-0.2, -0.15) is 0 Å². The summed E-state index contributed by atoms with van der Waals surface area (Å²) >= 11 is 6.19. The molecule has 1 aromatic heterocycles. The summed E-state index contributed by atoms with van der Waals surface area (Å²) in [6, 6.07) is 17.7. The third kappa shape index (κ3) is 4.42. The van der Waals surface area contributed by atoms with Crippen molar-refractivity contribution in [1.82, 2.24) is 4.98 Å². The zero-order valence-electron chi connectivity index (χ0n) is 16.1.